The average molecular weight is 96.1 g/mol. The van der Waals surface area contributed by atoms with E-state index >= 15 is 0 Å². The van der Waals surface area contributed by atoms with Crippen molar-refractivity contribution in [2.24, 2.45) is 0 Å². The van der Waals surface area contributed by atoms with Crippen LogP contribution < -0.4 is 0 Å². The van der Waals surface area contributed by atoms with Crippen LogP contribution in [-0.4, -0.2) is 4.98 Å². The second kappa shape index (κ2) is 1.73. The Kier molecular flexibility index (Phi) is 0.483. The number of aromatic nitrogens is 1. The third-order valence-corrected chi connectivity index (χ3v) is 0.680. The lowest BCUT2D eigenvalue weighted by atomic mass is 10.3. The summed E-state index contributed by atoms with van der Waals surface area (Å²) in [7, 11) is 0. The van der Waals surface area contributed by atoms with Crippen molar-refractivity contribution in [1.82, 2.24) is 4.98 Å². The maximum atomic E-state index is 6.98. The number of rotatable bonds is 0. The lowest BCUT2D eigenvalue weighted by molar-refractivity contribution is 1.29. The van der Waals surface area contributed by atoms with Gasteiger partial charge in [0.15, 0.2) is 0 Å². The Hall–Kier alpha value is -0.850. The van der Waals surface area contributed by atoms with Crippen molar-refractivity contribution in [2.45, 2.75) is 6.85 Å². The first-order valence-electron chi connectivity index (χ1n) is 3.51. The molecule has 0 saturated heterocycles. The molecule has 1 nitrogen and oxygen atoms in total. The lowest BCUT2D eigenvalue weighted by Gasteiger charge is -1.82. The highest BCUT2D eigenvalue weighted by atomic mass is 14.6. The van der Waals surface area contributed by atoms with Gasteiger partial charge in [0, 0.05) is 16.5 Å². The molecule has 0 spiro atoms. The summed E-state index contributed by atoms with van der Waals surface area (Å²) >= 11 is 0. The fraction of sp³-hybridized carbons (Fsp3) is 0.167. The number of hydrogen-bond donors (Lipinski definition) is 0. The van der Waals surface area contributed by atoms with Crippen molar-refractivity contribution in [3.8, 4) is 0 Å². The van der Waals surface area contributed by atoms with Crippen LogP contribution in [0.15, 0.2) is 24.5 Å². The summed E-state index contributed by atoms with van der Waals surface area (Å²) in [5, 5.41) is 0. The summed E-state index contributed by atoms with van der Waals surface area (Å²) in [4.78, 5) is 3.71. The SMILES string of the molecule is [2H]C([2H])([2H])c1ccncc1. The molecule has 1 aromatic rings. The molecular formula is C6H7N. The summed E-state index contributed by atoms with van der Waals surface area (Å²) in [5.74, 6) is 0. The van der Waals surface area contributed by atoms with Gasteiger partial charge in [-0.1, -0.05) is 0 Å². The molecule has 0 radical (unpaired) electrons. The highest BCUT2D eigenvalue weighted by Gasteiger charge is 1.72. The van der Waals surface area contributed by atoms with E-state index in [-0.39, 0.29) is 0 Å². The van der Waals surface area contributed by atoms with E-state index < -0.39 is 6.85 Å². The minimum Gasteiger partial charge on any atom is -0.265 e. The predicted molar refractivity (Wildman–Crippen MR) is 29.0 cm³/mol. The van der Waals surface area contributed by atoms with E-state index in [4.69, 9.17) is 4.11 Å². The molecular weight excluding hydrogens is 86.1 g/mol. The maximum Gasteiger partial charge on any atom is 0.0280 e. The summed E-state index contributed by atoms with van der Waals surface area (Å²) in [6, 6.07) is 2.99. The standard InChI is InChI=1S/C6H7N/c1-6-2-4-7-5-3-6/h2-5H,1H3/i1D3. The molecule has 36 valence electrons. The van der Waals surface area contributed by atoms with Crippen LogP contribution in [0.5, 0.6) is 0 Å². The topological polar surface area (TPSA) is 12.9 Å². The van der Waals surface area contributed by atoms with Gasteiger partial charge in [0.2, 0.25) is 0 Å². The van der Waals surface area contributed by atoms with E-state index in [0.29, 0.717) is 5.56 Å². The molecule has 1 heteroatoms. The molecule has 0 atom stereocenters. The molecule has 0 bridgehead atoms. The van der Waals surface area contributed by atoms with Crippen LogP contribution in [0.4, 0.5) is 0 Å². The fourth-order valence-electron chi connectivity index (χ4n) is 0.352. The van der Waals surface area contributed by atoms with Gasteiger partial charge < -0.3 is 0 Å². The molecule has 0 unspecified atom stereocenters. The van der Waals surface area contributed by atoms with E-state index in [0.717, 1.165) is 0 Å². The zero-order valence-corrected chi connectivity index (χ0v) is 3.76. The van der Waals surface area contributed by atoms with Crippen molar-refractivity contribution in [3.63, 3.8) is 0 Å². The Morgan fingerprint density at radius 1 is 1.57 bits per heavy atom. The first-order valence-corrected chi connectivity index (χ1v) is 2.01. The first kappa shape index (κ1) is 1.95. The Labute approximate surface area is 47.2 Å². The highest BCUT2D eigenvalue weighted by Crippen LogP contribution is 1.88. The number of aryl methyl sites for hydroxylation is 1. The van der Waals surface area contributed by atoms with Gasteiger partial charge in [-0.3, -0.25) is 4.98 Å². The van der Waals surface area contributed by atoms with Crippen molar-refractivity contribution in [2.75, 3.05) is 0 Å². The van der Waals surface area contributed by atoms with Crippen molar-refractivity contribution in [1.29, 1.82) is 0 Å². The van der Waals surface area contributed by atoms with E-state index in [1.165, 1.54) is 24.5 Å². The third-order valence-electron chi connectivity index (χ3n) is 0.680. The van der Waals surface area contributed by atoms with Gasteiger partial charge in [0.1, 0.15) is 0 Å². The average Bonchev–Trinajstić information content (AvgIpc) is 1.88. The zero-order chi connectivity index (χ0) is 7.61. The second-order valence-corrected chi connectivity index (χ2v) is 1.24. The minimum atomic E-state index is -2.00. The molecule has 0 aliphatic carbocycles. The zero-order valence-electron chi connectivity index (χ0n) is 6.76. The molecule has 0 aromatic carbocycles. The Balaban J connectivity index is 2.97. The van der Waals surface area contributed by atoms with Gasteiger partial charge in [0.05, 0.1) is 0 Å². The van der Waals surface area contributed by atoms with Gasteiger partial charge in [-0.25, -0.2) is 0 Å². The first-order chi connectivity index (χ1) is 4.61. The number of hydrogen-bond acceptors (Lipinski definition) is 1. The van der Waals surface area contributed by atoms with Crippen LogP contribution in [0.25, 0.3) is 0 Å². The summed E-state index contributed by atoms with van der Waals surface area (Å²) < 4.78 is 20.9. The highest BCUT2D eigenvalue weighted by molar-refractivity contribution is 5.05. The normalized spacial score (nSPS) is 16.9. The lowest BCUT2D eigenvalue weighted by Crippen LogP contribution is -1.68. The molecule has 0 saturated carbocycles. The van der Waals surface area contributed by atoms with Crippen molar-refractivity contribution >= 4 is 0 Å². The molecule has 0 N–H and O–H groups in total. The fourth-order valence-corrected chi connectivity index (χ4v) is 0.352. The van der Waals surface area contributed by atoms with Crippen LogP contribution in [0, 0.1) is 6.85 Å². The molecule has 7 heavy (non-hydrogen) atoms. The van der Waals surface area contributed by atoms with E-state index in [9.17, 15) is 0 Å². The Bertz CT molecular complexity index is 204. The van der Waals surface area contributed by atoms with Crippen LogP contribution in [0.1, 0.15) is 9.68 Å². The monoisotopic (exact) mass is 96.1 g/mol. The van der Waals surface area contributed by atoms with Crippen molar-refractivity contribution < 1.29 is 4.11 Å². The largest absolute Gasteiger partial charge is 0.265 e. The number of nitrogens with zero attached hydrogens (tertiary/aromatic N) is 1. The van der Waals surface area contributed by atoms with Crippen molar-refractivity contribution in [3.05, 3.63) is 30.1 Å². The molecule has 1 heterocycles. The van der Waals surface area contributed by atoms with Crippen LogP contribution in [0.2, 0.25) is 0 Å². The van der Waals surface area contributed by atoms with Gasteiger partial charge >= 0.3 is 0 Å². The summed E-state index contributed by atoms with van der Waals surface area (Å²) in [6.07, 6.45) is 2.95. The van der Waals surface area contributed by atoms with E-state index in [1.54, 1.807) is 0 Å². The Morgan fingerprint density at radius 2 is 2.29 bits per heavy atom. The van der Waals surface area contributed by atoms with Gasteiger partial charge in [-0.05, 0) is 24.5 Å². The molecule has 0 fully saturated rings. The number of pyridine rings is 1. The maximum absolute atomic E-state index is 6.98. The molecule has 1 rings (SSSR count). The molecule has 1 aromatic heterocycles. The molecule has 0 aliphatic heterocycles. The van der Waals surface area contributed by atoms with Crippen LogP contribution in [0.3, 0.4) is 0 Å². The minimum absolute atomic E-state index is 0.336. The summed E-state index contributed by atoms with van der Waals surface area (Å²) in [5.41, 5.74) is 0.336. The third kappa shape index (κ3) is 1.000. The van der Waals surface area contributed by atoms with Gasteiger partial charge in [-0.2, -0.15) is 0 Å². The second-order valence-electron chi connectivity index (χ2n) is 1.24. The predicted octanol–water partition coefficient (Wildman–Crippen LogP) is 1.39. The van der Waals surface area contributed by atoms with Crippen LogP contribution >= 0.6 is 0 Å². The van der Waals surface area contributed by atoms with Gasteiger partial charge in [-0.15, -0.1) is 0 Å². The van der Waals surface area contributed by atoms with E-state index in [2.05, 4.69) is 4.98 Å². The summed E-state index contributed by atoms with van der Waals surface area (Å²) in [6.45, 7) is -2.00. The smallest absolute Gasteiger partial charge is 0.0280 e. The van der Waals surface area contributed by atoms with E-state index in [1.807, 2.05) is 0 Å². The molecule has 0 amide bonds. The quantitative estimate of drug-likeness (QED) is 0.475. The Morgan fingerprint density at radius 3 is 2.71 bits per heavy atom. The van der Waals surface area contributed by atoms with Gasteiger partial charge in [0.25, 0.3) is 0 Å². The molecule has 0 aliphatic rings. The van der Waals surface area contributed by atoms with Crippen LogP contribution in [-0.2, 0) is 0 Å².